The largest absolute Gasteiger partial charge is 0.394 e. The van der Waals surface area contributed by atoms with Crippen molar-refractivity contribution in [3.8, 4) is 0 Å². The van der Waals surface area contributed by atoms with E-state index in [4.69, 9.17) is 5.11 Å². The molecule has 1 N–H and O–H groups in total. The normalized spacial score (nSPS) is 10.6. The Kier molecular flexibility index (Phi) is 3.91. The lowest BCUT2D eigenvalue weighted by molar-refractivity contribution is 0.262. The van der Waals surface area contributed by atoms with Gasteiger partial charge in [0.15, 0.2) is 0 Å². The molecule has 1 aromatic carbocycles. The van der Waals surface area contributed by atoms with Gasteiger partial charge in [-0.15, -0.1) is 0 Å². The molecule has 0 aliphatic rings. The van der Waals surface area contributed by atoms with Gasteiger partial charge in [-0.2, -0.15) is 5.10 Å². The van der Waals surface area contributed by atoms with E-state index in [9.17, 15) is 9.59 Å². The molecule has 0 fully saturated rings. The summed E-state index contributed by atoms with van der Waals surface area (Å²) in [5.74, 6) is 0. The Labute approximate surface area is 109 Å². The number of aliphatic hydroxyl groups is 1. The maximum Gasteiger partial charge on any atom is 0.347 e. The van der Waals surface area contributed by atoms with Crippen LogP contribution < -0.4 is 11.2 Å². The Bertz CT molecular complexity index is 671. The predicted molar refractivity (Wildman–Crippen MR) is 70.1 cm³/mol. The first-order valence-electron chi connectivity index (χ1n) is 5.95. The number of aromatic nitrogens is 3. The zero-order valence-electron chi connectivity index (χ0n) is 10.6. The van der Waals surface area contributed by atoms with Crippen LogP contribution in [0.15, 0.2) is 40.1 Å². The minimum Gasteiger partial charge on any atom is -0.394 e. The monoisotopic (exact) mass is 261 g/mol. The number of rotatable bonds is 4. The van der Waals surface area contributed by atoms with Crippen molar-refractivity contribution >= 4 is 0 Å². The van der Waals surface area contributed by atoms with Crippen LogP contribution in [0.25, 0.3) is 0 Å². The van der Waals surface area contributed by atoms with E-state index in [0.29, 0.717) is 0 Å². The third-order valence-electron chi connectivity index (χ3n) is 2.80. The summed E-state index contributed by atoms with van der Waals surface area (Å²) < 4.78 is 2.18. The van der Waals surface area contributed by atoms with Crippen LogP contribution in [-0.4, -0.2) is 26.1 Å². The van der Waals surface area contributed by atoms with Gasteiger partial charge in [0.1, 0.15) is 6.20 Å². The molecule has 19 heavy (non-hydrogen) atoms. The van der Waals surface area contributed by atoms with Gasteiger partial charge < -0.3 is 5.11 Å². The van der Waals surface area contributed by atoms with Crippen molar-refractivity contribution in [3.05, 3.63) is 62.4 Å². The van der Waals surface area contributed by atoms with Crippen molar-refractivity contribution in [1.29, 1.82) is 0 Å². The van der Waals surface area contributed by atoms with Crippen LogP contribution in [-0.2, 0) is 13.1 Å². The first kappa shape index (κ1) is 13.2. The van der Waals surface area contributed by atoms with Gasteiger partial charge in [0.25, 0.3) is 5.56 Å². The summed E-state index contributed by atoms with van der Waals surface area (Å²) in [5, 5.41) is 12.5. The lowest BCUT2D eigenvalue weighted by Crippen LogP contribution is -2.41. The summed E-state index contributed by atoms with van der Waals surface area (Å²) in [6.45, 7) is 2.05. The quantitative estimate of drug-likeness (QED) is 0.823. The fourth-order valence-corrected chi connectivity index (χ4v) is 1.74. The molecule has 100 valence electrons. The molecule has 0 bridgehead atoms. The van der Waals surface area contributed by atoms with Crippen molar-refractivity contribution < 1.29 is 5.11 Å². The molecular formula is C13H15N3O3. The van der Waals surface area contributed by atoms with Crippen LogP contribution in [0.5, 0.6) is 0 Å². The molecule has 1 heterocycles. The Morgan fingerprint density at radius 2 is 1.89 bits per heavy atom. The van der Waals surface area contributed by atoms with Gasteiger partial charge in [-0.3, -0.25) is 9.36 Å². The molecule has 0 spiro atoms. The van der Waals surface area contributed by atoms with E-state index in [1.165, 1.54) is 0 Å². The number of hydrogen-bond donors (Lipinski definition) is 1. The van der Waals surface area contributed by atoms with Crippen molar-refractivity contribution in [1.82, 2.24) is 14.3 Å². The fourth-order valence-electron chi connectivity index (χ4n) is 1.74. The highest BCUT2D eigenvalue weighted by atomic mass is 16.3. The van der Waals surface area contributed by atoms with Crippen LogP contribution in [0.2, 0.25) is 0 Å². The van der Waals surface area contributed by atoms with Gasteiger partial charge in [-0.05, 0) is 12.5 Å². The van der Waals surface area contributed by atoms with E-state index in [2.05, 4.69) is 5.10 Å². The van der Waals surface area contributed by atoms with Crippen molar-refractivity contribution in [2.75, 3.05) is 6.61 Å². The highest BCUT2D eigenvalue weighted by molar-refractivity contribution is 5.21. The van der Waals surface area contributed by atoms with Gasteiger partial charge in [0.05, 0.1) is 19.7 Å². The molecule has 1 aromatic heterocycles. The second kappa shape index (κ2) is 5.62. The zero-order chi connectivity index (χ0) is 13.8. The SMILES string of the molecule is Cc1ccc(Cn2c(=O)cnn(CCO)c2=O)cc1. The number of benzene rings is 1. The zero-order valence-corrected chi connectivity index (χ0v) is 10.6. The molecule has 0 unspecified atom stereocenters. The van der Waals surface area contributed by atoms with Crippen molar-refractivity contribution in [2.45, 2.75) is 20.0 Å². The van der Waals surface area contributed by atoms with E-state index < -0.39 is 11.2 Å². The van der Waals surface area contributed by atoms with Gasteiger partial charge in [0, 0.05) is 0 Å². The van der Waals surface area contributed by atoms with E-state index in [0.717, 1.165) is 26.6 Å². The molecule has 0 saturated carbocycles. The average molecular weight is 261 g/mol. The predicted octanol–water partition coefficient (Wildman–Crippen LogP) is -0.246. The topological polar surface area (TPSA) is 77.1 Å². The van der Waals surface area contributed by atoms with Gasteiger partial charge in [-0.25, -0.2) is 9.48 Å². The van der Waals surface area contributed by atoms with Crippen molar-refractivity contribution in [2.24, 2.45) is 0 Å². The van der Waals surface area contributed by atoms with E-state index in [1.807, 2.05) is 31.2 Å². The van der Waals surface area contributed by atoms with Crippen molar-refractivity contribution in [3.63, 3.8) is 0 Å². The van der Waals surface area contributed by atoms with Crippen LogP contribution >= 0.6 is 0 Å². The molecule has 0 aliphatic heterocycles. The lowest BCUT2D eigenvalue weighted by atomic mass is 10.1. The second-order valence-electron chi connectivity index (χ2n) is 4.28. The molecule has 0 saturated heterocycles. The molecule has 6 heteroatoms. The third kappa shape index (κ3) is 2.97. The maximum atomic E-state index is 12.0. The van der Waals surface area contributed by atoms with Gasteiger partial charge >= 0.3 is 5.69 Å². The Morgan fingerprint density at radius 1 is 1.21 bits per heavy atom. The number of aryl methyl sites for hydroxylation is 1. The number of aliphatic hydroxyl groups excluding tert-OH is 1. The van der Waals surface area contributed by atoms with Gasteiger partial charge in [0.2, 0.25) is 0 Å². The molecule has 0 radical (unpaired) electrons. The molecule has 0 aliphatic carbocycles. The number of hydrogen-bond acceptors (Lipinski definition) is 4. The molecule has 2 aromatic rings. The van der Waals surface area contributed by atoms with Crippen LogP contribution in [0, 0.1) is 6.92 Å². The molecule has 2 rings (SSSR count). The summed E-state index contributed by atoms with van der Waals surface area (Å²) in [6.07, 6.45) is 1.09. The molecular weight excluding hydrogens is 246 g/mol. The highest BCUT2D eigenvalue weighted by Gasteiger charge is 2.06. The third-order valence-corrected chi connectivity index (χ3v) is 2.80. The minimum absolute atomic E-state index is 0.0764. The fraction of sp³-hybridized carbons (Fsp3) is 0.308. The van der Waals surface area contributed by atoms with E-state index in [-0.39, 0.29) is 19.7 Å². The highest BCUT2D eigenvalue weighted by Crippen LogP contribution is 2.03. The lowest BCUT2D eigenvalue weighted by Gasteiger charge is -2.08. The summed E-state index contributed by atoms with van der Waals surface area (Å²) in [4.78, 5) is 23.7. The number of nitrogens with zero attached hydrogens (tertiary/aromatic N) is 3. The van der Waals surface area contributed by atoms with E-state index >= 15 is 0 Å². The van der Waals surface area contributed by atoms with Crippen LogP contribution in [0.3, 0.4) is 0 Å². The van der Waals surface area contributed by atoms with Gasteiger partial charge in [-0.1, -0.05) is 29.8 Å². The second-order valence-corrected chi connectivity index (χ2v) is 4.28. The first-order chi connectivity index (χ1) is 9.11. The molecule has 6 nitrogen and oxygen atoms in total. The van der Waals surface area contributed by atoms with Crippen LogP contribution in [0.4, 0.5) is 0 Å². The smallest absolute Gasteiger partial charge is 0.347 e. The molecule has 0 amide bonds. The Balaban J connectivity index is 2.39. The summed E-state index contributed by atoms with van der Waals surface area (Å²) in [7, 11) is 0. The molecule has 0 atom stereocenters. The summed E-state index contributed by atoms with van der Waals surface area (Å²) in [6, 6.07) is 7.59. The summed E-state index contributed by atoms with van der Waals surface area (Å²) in [5.41, 5.74) is 1.02. The Morgan fingerprint density at radius 3 is 2.53 bits per heavy atom. The Hall–Kier alpha value is -2.21. The summed E-state index contributed by atoms with van der Waals surface area (Å²) >= 11 is 0. The average Bonchev–Trinajstić information content (AvgIpc) is 2.40. The van der Waals surface area contributed by atoms with Crippen LogP contribution in [0.1, 0.15) is 11.1 Å². The maximum absolute atomic E-state index is 12.0. The van der Waals surface area contributed by atoms with E-state index in [1.54, 1.807) is 0 Å². The first-order valence-corrected chi connectivity index (χ1v) is 5.95. The minimum atomic E-state index is -0.512. The standard InChI is InChI=1S/C13H15N3O3/c1-10-2-4-11(5-3-10)9-15-12(18)8-14-16(6-7-17)13(15)19/h2-5,8,17H,6-7,9H2,1H3.